The molecule has 0 spiro atoms. The van der Waals surface area contributed by atoms with Gasteiger partial charge in [-0.1, -0.05) is 18.2 Å². The molecule has 7 heteroatoms. The van der Waals surface area contributed by atoms with Crippen molar-refractivity contribution in [3.05, 3.63) is 53.6 Å². The van der Waals surface area contributed by atoms with Crippen LogP contribution in [-0.2, 0) is 12.4 Å². The summed E-state index contributed by atoms with van der Waals surface area (Å²) in [5.41, 5.74) is -2.82. The van der Waals surface area contributed by atoms with Crippen molar-refractivity contribution in [3.63, 3.8) is 0 Å². The van der Waals surface area contributed by atoms with Gasteiger partial charge in [-0.3, -0.25) is 0 Å². The SMILES string of the molecule is COc1ccc(-c2ccc(C(F)(F)F)cc2C(F)(F)F)cc1. The fourth-order valence-electron chi connectivity index (χ4n) is 1.98. The van der Waals surface area contributed by atoms with E-state index in [9.17, 15) is 26.3 Å². The molecule has 0 bridgehead atoms. The topological polar surface area (TPSA) is 9.23 Å². The smallest absolute Gasteiger partial charge is 0.417 e. The van der Waals surface area contributed by atoms with Crippen molar-refractivity contribution in [2.45, 2.75) is 12.4 Å². The molecule has 0 heterocycles. The van der Waals surface area contributed by atoms with E-state index in [1.54, 1.807) is 0 Å². The predicted molar refractivity (Wildman–Crippen MR) is 68.4 cm³/mol. The second kappa shape index (κ2) is 5.55. The van der Waals surface area contributed by atoms with Gasteiger partial charge in [-0.25, -0.2) is 0 Å². The second-order valence-corrected chi connectivity index (χ2v) is 4.48. The number of methoxy groups -OCH3 is 1. The Labute approximate surface area is 122 Å². The zero-order chi connectivity index (χ0) is 16.5. The molecule has 0 N–H and O–H groups in total. The molecule has 0 saturated carbocycles. The Kier molecular flexibility index (Phi) is 4.08. The number of hydrogen-bond acceptors (Lipinski definition) is 1. The monoisotopic (exact) mass is 320 g/mol. The van der Waals surface area contributed by atoms with Crippen LogP contribution in [0.4, 0.5) is 26.3 Å². The van der Waals surface area contributed by atoms with Gasteiger partial charge in [-0.15, -0.1) is 0 Å². The van der Waals surface area contributed by atoms with Gasteiger partial charge in [0, 0.05) is 0 Å². The molecular formula is C15H10F6O. The van der Waals surface area contributed by atoms with Crippen LogP contribution < -0.4 is 4.74 Å². The molecule has 22 heavy (non-hydrogen) atoms. The first-order chi connectivity index (χ1) is 10.1. The van der Waals surface area contributed by atoms with Crippen LogP contribution in [0.1, 0.15) is 11.1 Å². The first-order valence-electron chi connectivity index (χ1n) is 6.06. The van der Waals surface area contributed by atoms with Crippen molar-refractivity contribution in [2.75, 3.05) is 7.11 Å². The molecule has 0 fully saturated rings. The first kappa shape index (κ1) is 16.2. The summed E-state index contributed by atoms with van der Waals surface area (Å²) in [5, 5.41) is 0. The van der Waals surface area contributed by atoms with Crippen LogP contribution in [0.3, 0.4) is 0 Å². The van der Waals surface area contributed by atoms with E-state index in [2.05, 4.69) is 0 Å². The molecule has 2 aromatic rings. The summed E-state index contributed by atoms with van der Waals surface area (Å²) in [6.07, 6.45) is -9.73. The van der Waals surface area contributed by atoms with Crippen LogP contribution in [0.5, 0.6) is 5.75 Å². The van der Waals surface area contributed by atoms with Crippen LogP contribution in [0.25, 0.3) is 11.1 Å². The number of hydrogen-bond donors (Lipinski definition) is 0. The summed E-state index contributed by atoms with van der Waals surface area (Å²) in [7, 11) is 1.40. The Morgan fingerprint density at radius 1 is 0.773 bits per heavy atom. The Bertz CT molecular complexity index is 655. The third kappa shape index (κ3) is 3.35. The fourth-order valence-corrected chi connectivity index (χ4v) is 1.98. The van der Waals surface area contributed by atoms with Gasteiger partial charge in [0.15, 0.2) is 0 Å². The van der Waals surface area contributed by atoms with Gasteiger partial charge in [-0.2, -0.15) is 26.3 Å². The van der Waals surface area contributed by atoms with E-state index < -0.39 is 23.5 Å². The Hall–Kier alpha value is -2.18. The van der Waals surface area contributed by atoms with Gasteiger partial charge in [0.2, 0.25) is 0 Å². The van der Waals surface area contributed by atoms with Crippen molar-refractivity contribution in [2.24, 2.45) is 0 Å². The summed E-state index contributed by atoms with van der Waals surface area (Å²) in [6.45, 7) is 0. The highest BCUT2D eigenvalue weighted by Gasteiger charge is 2.38. The molecule has 0 unspecified atom stereocenters. The third-order valence-electron chi connectivity index (χ3n) is 3.05. The molecule has 0 atom stereocenters. The Morgan fingerprint density at radius 3 is 1.82 bits per heavy atom. The first-order valence-corrected chi connectivity index (χ1v) is 6.06. The number of ether oxygens (including phenoxy) is 1. The van der Waals surface area contributed by atoms with E-state index in [4.69, 9.17) is 4.74 Å². The summed E-state index contributed by atoms with van der Waals surface area (Å²) in [6, 6.07) is 7.18. The highest BCUT2D eigenvalue weighted by molar-refractivity contribution is 5.69. The van der Waals surface area contributed by atoms with Crippen molar-refractivity contribution in [1.82, 2.24) is 0 Å². The highest BCUT2D eigenvalue weighted by Crippen LogP contribution is 2.41. The van der Waals surface area contributed by atoms with Crippen molar-refractivity contribution in [3.8, 4) is 16.9 Å². The van der Waals surface area contributed by atoms with Gasteiger partial charge in [0.25, 0.3) is 0 Å². The third-order valence-corrected chi connectivity index (χ3v) is 3.05. The summed E-state index contributed by atoms with van der Waals surface area (Å²) < 4.78 is 81.9. The molecule has 0 amide bonds. The van der Waals surface area contributed by atoms with E-state index in [0.717, 1.165) is 6.07 Å². The molecule has 0 saturated heterocycles. The largest absolute Gasteiger partial charge is 0.497 e. The van der Waals surface area contributed by atoms with Gasteiger partial charge < -0.3 is 4.74 Å². The van der Waals surface area contributed by atoms with E-state index in [1.807, 2.05) is 0 Å². The van der Waals surface area contributed by atoms with Crippen LogP contribution in [0.15, 0.2) is 42.5 Å². The van der Waals surface area contributed by atoms with Crippen LogP contribution in [0.2, 0.25) is 0 Å². The zero-order valence-corrected chi connectivity index (χ0v) is 11.2. The molecule has 0 aromatic heterocycles. The van der Waals surface area contributed by atoms with Crippen molar-refractivity contribution >= 4 is 0 Å². The maximum absolute atomic E-state index is 13.1. The van der Waals surface area contributed by atoms with E-state index >= 15 is 0 Å². The zero-order valence-electron chi connectivity index (χ0n) is 11.2. The van der Waals surface area contributed by atoms with E-state index in [1.165, 1.54) is 31.4 Å². The standard InChI is InChI=1S/C15H10F6O/c1-22-11-5-2-9(3-6-11)12-7-4-10(14(16,17)18)8-13(12)15(19,20)21/h2-8H,1H3. The van der Waals surface area contributed by atoms with Crippen LogP contribution in [0, 0.1) is 0 Å². The molecule has 0 radical (unpaired) electrons. The average molecular weight is 320 g/mol. The van der Waals surface area contributed by atoms with Crippen molar-refractivity contribution in [1.29, 1.82) is 0 Å². The minimum absolute atomic E-state index is 0.125. The minimum atomic E-state index is -4.89. The number of alkyl halides is 6. The van der Waals surface area contributed by atoms with E-state index in [0.29, 0.717) is 11.8 Å². The maximum atomic E-state index is 13.1. The van der Waals surface area contributed by atoms with Crippen LogP contribution >= 0.6 is 0 Å². The molecule has 118 valence electrons. The lowest BCUT2D eigenvalue weighted by Gasteiger charge is -2.16. The Morgan fingerprint density at radius 2 is 1.36 bits per heavy atom. The fraction of sp³-hybridized carbons (Fsp3) is 0.200. The molecule has 0 aliphatic rings. The molecule has 2 aromatic carbocycles. The summed E-state index contributed by atoms with van der Waals surface area (Å²) in [5.74, 6) is 0.434. The second-order valence-electron chi connectivity index (χ2n) is 4.48. The van der Waals surface area contributed by atoms with Gasteiger partial charge in [0.1, 0.15) is 5.75 Å². The quantitative estimate of drug-likeness (QED) is 0.673. The molecule has 0 aliphatic heterocycles. The van der Waals surface area contributed by atoms with Crippen molar-refractivity contribution < 1.29 is 31.1 Å². The average Bonchev–Trinajstić information content (AvgIpc) is 2.45. The number of benzene rings is 2. The van der Waals surface area contributed by atoms with Gasteiger partial charge in [0.05, 0.1) is 18.2 Å². The van der Waals surface area contributed by atoms with Gasteiger partial charge >= 0.3 is 12.4 Å². The summed E-state index contributed by atoms with van der Waals surface area (Å²) >= 11 is 0. The normalized spacial score (nSPS) is 12.3. The lowest BCUT2D eigenvalue weighted by Crippen LogP contribution is -2.12. The molecule has 0 aliphatic carbocycles. The number of rotatable bonds is 2. The molecule has 1 nitrogen and oxygen atoms in total. The molecular weight excluding hydrogens is 310 g/mol. The predicted octanol–water partition coefficient (Wildman–Crippen LogP) is 5.40. The highest BCUT2D eigenvalue weighted by atomic mass is 19.4. The number of halogens is 6. The van der Waals surface area contributed by atoms with E-state index in [-0.39, 0.29) is 17.2 Å². The lowest BCUT2D eigenvalue weighted by atomic mass is 9.97. The Balaban J connectivity index is 2.59. The van der Waals surface area contributed by atoms with Crippen LogP contribution in [-0.4, -0.2) is 7.11 Å². The summed E-state index contributed by atoms with van der Waals surface area (Å²) in [4.78, 5) is 0. The maximum Gasteiger partial charge on any atom is 0.417 e. The lowest BCUT2D eigenvalue weighted by molar-refractivity contribution is -0.142. The van der Waals surface area contributed by atoms with Gasteiger partial charge in [-0.05, 0) is 35.4 Å². The minimum Gasteiger partial charge on any atom is -0.497 e. The molecule has 2 rings (SSSR count).